The van der Waals surface area contributed by atoms with Gasteiger partial charge < -0.3 is 5.32 Å². The zero-order valence-electron chi connectivity index (χ0n) is 12.1. The van der Waals surface area contributed by atoms with Crippen LogP contribution in [0.25, 0.3) is 6.08 Å². The predicted octanol–water partition coefficient (Wildman–Crippen LogP) is 5.05. The van der Waals surface area contributed by atoms with Gasteiger partial charge in [0.2, 0.25) is 5.43 Å². The van der Waals surface area contributed by atoms with Crippen LogP contribution in [0.5, 0.6) is 0 Å². The Morgan fingerprint density at radius 3 is 2.43 bits per heavy atom. The minimum atomic E-state index is -0.431. The fourth-order valence-corrected chi connectivity index (χ4v) is 2.82. The molecule has 0 amide bonds. The van der Waals surface area contributed by atoms with E-state index in [1.807, 2.05) is 0 Å². The molecule has 0 aliphatic heterocycles. The summed E-state index contributed by atoms with van der Waals surface area (Å²) in [4.78, 5) is 24.7. The third kappa shape index (κ3) is 4.22. The second-order valence-electron chi connectivity index (χ2n) is 4.60. The monoisotopic (exact) mass is 411 g/mol. The molecule has 0 bridgehead atoms. The summed E-state index contributed by atoms with van der Waals surface area (Å²) in [7, 11) is 1.62. The molecule has 0 atom stereocenters. The molecule has 0 aliphatic rings. The van der Waals surface area contributed by atoms with E-state index >= 15 is 0 Å². The summed E-state index contributed by atoms with van der Waals surface area (Å²) in [5.41, 5.74) is 0.539. The van der Waals surface area contributed by atoms with E-state index < -0.39 is 5.78 Å². The third-order valence-corrected chi connectivity index (χ3v) is 4.27. The van der Waals surface area contributed by atoms with Gasteiger partial charge in [-0.05, 0) is 42.5 Å². The van der Waals surface area contributed by atoms with E-state index in [1.165, 1.54) is 18.2 Å². The molecule has 1 N–H and O–H groups in total. The molecule has 0 aliphatic carbocycles. The van der Waals surface area contributed by atoms with Gasteiger partial charge in [-0.2, -0.15) is 0 Å². The molecule has 0 heterocycles. The minimum Gasteiger partial charge on any atom is -0.385 e. The number of carbonyl (C=O) groups is 1. The van der Waals surface area contributed by atoms with Crippen LogP contribution in [0.4, 0.5) is 5.69 Å². The lowest BCUT2D eigenvalue weighted by atomic mass is 10.1. The first kappa shape index (κ1) is 17.7. The number of benzene rings is 1. The highest BCUT2D eigenvalue weighted by molar-refractivity contribution is 9.10. The van der Waals surface area contributed by atoms with E-state index in [-0.39, 0.29) is 11.0 Å². The lowest BCUT2D eigenvalue weighted by molar-refractivity contribution is 0.104. The minimum absolute atomic E-state index is 0.0469. The van der Waals surface area contributed by atoms with Crippen molar-refractivity contribution in [1.29, 1.82) is 0 Å². The maximum absolute atomic E-state index is 12.4. The van der Waals surface area contributed by atoms with Crippen molar-refractivity contribution in [3.05, 3.63) is 78.3 Å². The van der Waals surface area contributed by atoms with Gasteiger partial charge in [0.25, 0.3) is 0 Å². The van der Waals surface area contributed by atoms with Gasteiger partial charge in [0, 0.05) is 27.1 Å². The SMILES string of the molecule is CNc1ccc(Br)cc(C(=O)C=Cc2c(Cl)cccc2Cl)c1=O. The van der Waals surface area contributed by atoms with Crippen molar-refractivity contribution in [1.82, 2.24) is 0 Å². The highest BCUT2D eigenvalue weighted by Crippen LogP contribution is 2.25. The van der Waals surface area contributed by atoms with E-state index in [0.29, 0.717) is 25.8 Å². The number of allylic oxidation sites excluding steroid dienone is 1. The first-order valence-electron chi connectivity index (χ1n) is 6.62. The van der Waals surface area contributed by atoms with Crippen LogP contribution in [0.2, 0.25) is 10.0 Å². The van der Waals surface area contributed by atoms with Crippen molar-refractivity contribution in [2.45, 2.75) is 0 Å². The lowest BCUT2D eigenvalue weighted by Crippen LogP contribution is -2.14. The zero-order valence-corrected chi connectivity index (χ0v) is 15.2. The van der Waals surface area contributed by atoms with Gasteiger partial charge in [-0.25, -0.2) is 0 Å². The second-order valence-corrected chi connectivity index (χ2v) is 6.33. The Bertz CT molecular complexity index is 830. The van der Waals surface area contributed by atoms with Crippen LogP contribution >= 0.6 is 39.1 Å². The van der Waals surface area contributed by atoms with E-state index in [2.05, 4.69) is 21.2 Å². The molecule has 23 heavy (non-hydrogen) atoms. The molecule has 0 spiro atoms. The number of anilines is 1. The Morgan fingerprint density at radius 1 is 1.17 bits per heavy atom. The van der Waals surface area contributed by atoms with Crippen molar-refractivity contribution in [3.8, 4) is 0 Å². The molecule has 0 radical (unpaired) electrons. The Kier molecular flexibility index (Phi) is 5.99. The number of hydrogen-bond donors (Lipinski definition) is 1. The van der Waals surface area contributed by atoms with Crippen LogP contribution in [-0.4, -0.2) is 12.8 Å². The van der Waals surface area contributed by atoms with Gasteiger partial charge >= 0.3 is 0 Å². The molecule has 0 saturated heterocycles. The smallest absolute Gasteiger partial charge is 0.212 e. The Hall–Kier alpha value is -1.62. The molecular formula is C17H12BrCl2NO2. The number of hydrogen-bond acceptors (Lipinski definition) is 3. The maximum atomic E-state index is 12.4. The van der Waals surface area contributed by atoms with Gasteiger partial charge in [-0.15, -0.1) is 0 Å². The van der Waals surface area contributed by atoms with E-state index in [9.17, 15) is 9.59 Å². The normalized spacial score (nSPS) is 10.8. The summed E-state index contributed by atoms with van der Waals surface area (Å²) in [6.45, 7) is 0. The molecule has 118 valence electrons. The summed E-state index contributed by atoms with van der Waals surface area (Å²) >= 11 is 15.4. The average Bonchev–Trinajstić information content (AvgIpc) is 2.65. The standard InChI is InChI=1S/C17H12BrCl2NO2/c1-21-15-7-5-10(18)9-12(17(15)23)16(22)8-6-11-13(19)3-2-4-14(11)20/h2-9H,1H3,(H,21,23). The molecule has 2 aromatic rings. The zero-order chi connectivity index (χ0) is 17.0. The Labute approximate surface area is 152 Å². The van der Waals surface area contributed by atoms with Crippen LogP contribution in [-0.2, 0) is 0 Å². The summed E-state index contributed by atoms with van der Waals surface area (Å²) in [6.07, 6.45) is 2.79. The fraction of sp³-hybridized carbons (Fsp3) is 0.0588. The highest BCUT2D eigenvalue weighted by Gasteiger charge is 2.11. The van der Waals surface area contributed by atoms with E-state index in [4.69, 9.17) is 23.2 Å². The van der Waals surface area contributed by atoms with Gasteiger partial charge in [0.1, 0.15) is 0 Å². The molecule has 3 nitrogen and oxygen atoms in total. The quantitative estimate of drug-likeness (QED) is 0.564. The van der Waals surface area contributed by atoms with Gasteiger partial charge in [-0.3, -0.25) is 9.59 Å². The highest BCUT2D eigenvalue weighted by atomic mass is 79.9. The van der Waals surface area contributed by atoms with E-state index in [1.54, 1.807) is 37.4 Å². The fourth-order valence-electron chi connectivity index (χ4n) is 1.93. The summed E-state index contributed by atoms with van der Waals surface area (Å²) < 4.78 is 0.628. The van der Waals surface area contributed by atoms with Crippen molar-refractivity contribution < 1.29 is 4.79 Å². The number of halogens is 3. The van der Waals surface area contributed by atoms with Crippen molar-refractivity contribution in [3.63, 3.8) is 0 Å². The molecule has 0 aromatic heterocycles. The third-order valence-electron chi connectivity index (χ3n) is 3.12. The largest absolute Gasteiger partial charge is 0.385 e. The van der Waals surface area contributed by atoms with Crippen LogP contribution in [0.3, 0.4) is 0 Å². The van der Waals surface area contributed by atoms with Crippen molar-refractivity contribution >= 4 is 56.7 Å². The summed E-state index contributed by atoms with van der Waals surface area (Å²) in [6, 6.07) is 9.86. The summed E-state index contributed by atoms with van der Waals surface area (Å²) in [5, 5.41) is 3.64. The van der Waals surface area contributed by atoms with Crippen LogP contribution < -0.4 is 10.7 Å². The van der Waals surface area contributed by atoms with Crippen LogP contribution in [0.15, 0.2) is 51.7 Å². The molecule has 6 heteroatoms. The van der Waals surface area contributed by atoms with Crippen molar-refractivity contribution in [2.75, 3.05) is 12.4 Å². The van der Waals surface area contributed by atoms with E-state index in [0.717, 1.165) is 0 Å². The maximum Gasteiger partial charge on any atom is 0.212 e. The number of rotatable bonds is 4. The Balaban J connectivity index is 2.47. The van der Waals surface area contributed by atoms with Crippen LogP contribution in [0.1, 0.15) is 15.9 Å². The molecule has 0 saturated carbocycles. The first-order valence-corrected chi connectivity index (χ1v) is 8.17. The lowest BCUT2D eigenvalue weighted by Gasteiger charge is -2.00. The molecular weight excluding hydrogens is 401 g/mol. The number of carbonyl (C=O) groups excluding carboxylic acids is 1. The van der Waals surface area contributed by atoms with Gasteiger partial charge in [0.05, 0.1) is 11.3 Å². The van der Waals surface area contributed by atoms with Crippen molar-refractivity contribution in [2.24, 2.45) is 0 Å². The number of nitrogens with one attached hydrogen (secondary N) is 1. The average molecular weight is 413 g/mol. The Morgan fingerprint density at radius 2 is 1.83 bits per heavy atom. The topological polar surface area (TPSA) is 46.2 Å². The van der Waals surface area contributed by atoms with Crippen LogP contribution in [0, 0.1) is 0 Å². The second kappa shape index (κ2) is 7.77. The molecule has 0 fully saturated rings. The summed E-state index contributed by atoms with van der Waals surface area (Å²) in [5.74, 6) is -0.431. The van der Waals surface area contributed by atoms with Gasteiger partial charge in [-0.1, -0.05) is 45.2 Å². The molecule has 0 unspecified atom stereocenters. The molecule has 2 aromatic carbocycles. The number of ketones is 1. The van der Waals surface area contributed by atoms with Gasteiger partial charge in [0.15, 0.2) is 5.78 Å². The first-order chi connectivity index (χ1) is 10.9. The predicted molar refractivity (Wildman–Crippen MR) is 99.8 cm³/mol. The molecule has 2 rings (SSSR count).